The van der Waals surface area contributed by atoms with Gasteiger partial charge < -0.3 is 0 Å². The number of hydrogen-bond donors (Lipinski definition) is 0. The first-order valence-electron chi connectivity index (χ1n) is 2.84. The average Bonchev–Trinajstić information content (AvgIpc) is 1.90. The smallest absolute Gasteiger partial charge is 0.0670 e. The Hall–Kier alpha value is 0.240. The Bertz CT molecular complexity index is 129. The van der Waals surface area contributed by atoms with E-state index in [4.69, 9.17) is 0 Å². The van der Waals surface area contributed by atoms with Crippen LogP contribution in [0.15, 0.2) is 10.3 Å². The Morgan fingerprint density at radius 3 is 2.44 bits per heavy atom. The zero-order valence-corrected chi connectivity index (χ0v) is 7.64. The molecule has 1 atom stereocenters. The van der Waals surface area contributed by atoms with E-state index in [9.17, 15) is 4.21 Å². The average molecular weight is 164 g/mol. The summed E-state index contributed by atoms with van der Waals surface area (Å²) in [6.07, 6.45) is 3.85. The molecule has 1 unspecified atom stereocenters. The topological polar surface area (TPSA) is 17.1 Å². The molecule has 0 aliphatic rings. The molecular weight excluding hydrogens is 152 g/mol. The van der Waals surface area contributed by atoms with Gasteiger partial charge in [0, 0.05) is 5.75 Å². The van der Waals surface area contributed by atoms with Gasteiger partial charge in [0.15, 0.2) is 0 Å². The van der Waals surface area contributed by atoms with Gasteiger partial charge in [-0.1, -0.05) is 13.0 Å². The van der Waals surface area contributed by atoms with Gasteiger partial charge >= 0.3 is 0 Å². The molecule has 0 radical (unpaired) electrons. The first-order valence-corrected chi connectivity index (χ1v) is 5.39. The summed E-state index contributed by atoms with van der Waals surface area (Å²) < 4.78 is 12.0. The molecule has 3 heteroatoms. The summed E-state index contributed by atoms with van der Waals surface area (Å²) in [5.74, 6) is 0.723. The fourth-order valence-corrected chi connectivity index (χ4v) is 2.36. The predicted molar refractivity (Wildman–Crippen MR) is 46.0 cm³/mol. The highest BCUT2D eigenvalue weighted by Crippen LogP contribution is 2.15. The fraction of sp³-hybridized carbons (Fsp3) is 0.667. The maximum atomic E-state index is 11.0. The molecule has 0 aromatic carbocycles. The molecule has 0 aromatic heterocycles. The minimum absolute atomic E-state index is 0.723. The van der Waals surface area contributed by atoms with Crippen molar-refractivity contribution in [1.82, 2.24) is 0 Å². The molecule has 0 saturated carbocycles. The van der Waals surface area contributed by atoms with Crippen LogP contribution in [0.2, 0.25) is 0 Å². The van der Waals surface area contributed by atoms with Crippen molar-refractivity contribution in [2.75, 3.05) is 12.0 Å². The Balaban J connectivity index is 3.97. The normalized spacial score (nSPS) is 15.7. The summed E-state index contributed by atoms with van der Waals surface area (Å²) in [7, 11) is -0.741. The van der Waals surface area contributed by atoms with Crippen molar-refractivity contribution < 1.29 is 4.21 Å². The summed E-state index contributed by atoms with van der Waals surface area (Å²) in [6.45, 7) is 3.84. The lowest BCUT2D eigenvalue weighted by Gasteiger charge is -1.97. The Kier molecular flexibility index (Phi) is 5.19. The Labute approximate surface area is 63.4 Å². The summed E-state index contributed by atoms with van der Waals surface area (Å²) in [4.78, 5) is 0. The van der Waals surface area contributed by atoms with Crippen molar-refractivity contribution in [3.8, 4) is 0 Å². The van der Waals surface area contributed by atoms with E-state index in [2.05, 4.69) is 0 Å². The predicted octanol–water partition coefficient (Wildman–Crippen LogP) is 1.98. The molecular formula is C6H12OS2. The fourth-order valence-electron chi connectivity index (χ4n) is 0.485. The molecule has 0 amide bonds. The van der Waals surface area contributed by atoms with Crippen molar-refractivity contribution in [2.24, 2.45) is 0 Å². The van der Waals surface area contributed by atoms with Gasteiger partial charge in [-0.05, 0) is 13.2 Å². The van der Waals surface area contributed by atoms with Gasteiger partial charge in [-0.3, -0.25) is 4.21 Å². The first kappa shape index (κ1) is 9.24. The van der Waals surface area contributed by atoms with Crippen molar-refractivity contribution >= 4 is 22.6 Å². The lowest BCUT2D eigenvalue weighted by molar-refractivity contribution is 0.688. The molecule has 0 spiro atoms. The number of allylic oxidation sites excluding steroid dienone is 1. The van der Waals surface area contributed by atoms with Gasteiger partial charge in [-0.15, -0.1) is 11.8 Å². The number of rotatable bonds is 3. The lowest BCUT2D eigenvalue weighted by atomic mass is 10.8. The summed E-state index contributed by atoms with van der Waals surface area (Å²) in [5, 5.41) is 0. The minimum atomic E-state index is -0.741. The third kappa shape index (κ3) is 3.06. The van der Waals surface area contributed by atoms with E-state index >= 15 is 0 Å². The maximum Gasteiger partial charge on any atom is 0.0670 e. The quantitative estimate of drug-likeness (QED) is 0.634. The maximum absolute atomic E-state index is 11.0. The van der Waals surface area contributed by atoms with Crippen LogP contribution in [0.1, 0.15) is 13.8 Å². The summed E-state index contributed by atoms with van der Waals surface area (Å²) >= 11 is 1.56. The largest absolute Gasteiger partial charge is 0.254 e. The van der Waals surface area contributed by atoms with E-state index in [1.165, 1.54) is 0 Å². The third-order valence-electron chi connectivity index (χ3n) is 0.923. The number of hydrogen-bond acceptors (Lipinski definition) is 2. The number of thioether (sulfide) groups is 1. The second-order valence-electron chi connectivity index (χ2n) is 1.45. The van der Waals surface area contributed by atoms with Crippen molar-refractivity contribution in [1.29, 1.82) is 0 Å². The van der Waals surface area contributed by atoms with Crippen LogP contribution in [-0.2, 0) is 10.8 Å². The van der Waals surface area contributed by atoms with Crippen molar-refractivity contribution in [2.45, 2.75) is 13.8 Å². The van der Waals surface area contributed by atoms with Crippen LogP contribution in [0, 0.1) is 0 Å². The minimum Gasteiger partial charge on any atom is -0.254 e. The second-order valence-corrected chi connectivity index (χ2v) is 4.26. The molecule has 0 rings (SSSR count). The Morgan fingerprint density at radius 2 is 2.33 bits per heavy atom. The molecule has 9 heavy (non-hydrogen) atoms. The molecule has 0 saturated heterocycles. The zero-order valence-electron chi connectivity index (χ0n) is 6.01. The zero-order chi connectivity index (χ0) is 7.28. The van der Waals surface area contributed by atoms with E-state index in [0.29, 0.717) is 0 Å². The van der Waals surface area contributed by atoms with Gasteiger partial charge in [0.25, 0.3) is 0 Å². The lowest BCUT2D eigenvalue weighted by Crippen LogP contribution is -1.92. The molecule has 0 fully saturated rings. The van der Waals surface area contributed by atoms with E-state index in [-0.39, 0.29) is 0 Å². The molecule has 0 N–H and O–H groups in total. The van der Waals surface area contributed by atoms with Crippen LogP contribution >= 0.6 is 11.8 Å². The van der Waals surface area contributed by atoms with E-state index in [1.807, 2.05) is 26.2 Å². The van der Waals surface area contributed by atoms with Gasteiger partial charge in [-0.25, -0.2) is 0 Å². The molecule has 0 aromatic rings. The van der Waals surface area contributed by atoms with Crippen LogP contribution in [0.4, 0.5) is 0 Å². The monoisotopic (exact) mass is 164 g/mol. The van der Waals surface area contributed by atoms with Crippen LogP contribution in [0.25, 0.3) is 0 Å². The highest BCUT2D eigenvalue weighted by atomic mass is 32.2. The van der Waals surface area contributed by atoms with Crippen LogP contribution in [0.3, 0.4) is 0 Å². The summed E-state index contributed by atoms with van der Waals surface area (Å²) in [5.41, 5.74) is 0. The van der Waals surface area contributed by atoms with Crippen molar-refractivity contribution in [3.05, 3.63) is 10.3 Å². The molecule has 0 aliphatic carbocycles. The molecule has 1 nitrogen and oxygen atoms in total. The molecule has 54 valence electrons. The van der Waals surface area contributed by atoms with E-state index in [0.717, 1.165) is 9.99 Å². The van der Waals surface area contributed by atoms with Crippen LogP contribution in [-0.4, -0.2) is 16.2 Å². The van der Waals surface area contributed by atoms with Crippen LogP contribution in [0.5, 0.6) is 0 Å². The van der Waals surface area contributed by atoms with Gasteiger partial charge in [-0.2, -0.15) is 0 Å². The standard InChI is InChI=1S/C6H12OS2/c1-4-6(8-3)9(7)5-2/h4H,5H2,1-3H3/b6-4-. The van der Waals surface area contributed by atoms with Gasteiger partial charge in [0.2, 0.25) is 0 Å². The van der Waals surface area contributed by atoms with Gasteiger partial charge in [0.1, 0.15) is 0 Å². The summed E-state index contributed by atoms with van der Waals surface area (Å²) in [6, 6.07) is 0. The highest BCUT2D eigenvalue weighted by Gasteiger charge is 1.99. The van der Waals surface area contributed by atoms with Crippen LogP contribution < -0.4 is 0 Å². The molecule has 0 aliphatic heterocycles. The molecule has 0 bridgehead atoms. The SMILES string of the molecule is C/C=C(/SC)S(=O)CC. The van der Waals surface area contributed by atoms with Crippen molar-refractivity contribution in [3.63, 3.8) is 0 Å². The van der Waals surface area contributed by atoms with E-state index in [1.54, 1.807) is 11.8 Å². The van der Waals surface area contributed by atoms with Gasteiger partial charge in [0.05, 0.1) is 15.0 Å². The first-order chi connectivity index (χ1) is 4.26. The Morgan fingerprint density at radius 1 is 1.78 bits per heavy atom. The second kappa shape index (κ2) is 5.06. The molecule has 0 heterocycles. The van der Waals surface area contributed by atoms with E-state index < -0.39 is 10.8 Å². The third-order valence-corrected chi connectivity index (χ3v) is 3.83. The highest BCUT2D eigenvalue weighted by molar-refractivity contribution is 8.16.